The number of nitrogens with one attached hydrogen (secondary N) is 1. The van der Waals surface area contributed by atoms with Crippen LogP contribution in [0.5, 0.6) is 0 Å². The van der Waals surface area contributed by atoms with Crippen LogP contribution in [0.3, 0.4) is 0 Å². The molecule has 0 saturated carbocycles. The second-order valence-electron chi connectivity index (χ2n) is 5.50. The van der Waals surface area contributed by atoms with E-state index in [1.165, 1.54) is 0 Å². The molecule has 2 heterocycles. The summed E-state index contributed by atoms with van der Waals surface area (Å²) >= 11 is 0. The summed E-state index contributed by atoms with van der Waals surface area (Å²) in [6, 6.07) is 5.85. The molecule has 1 amide bonds. The first kappa shape index (κ1) is 15.0. The smallest absolute Gasteiger partial charge is 0.243 e. The molecular formula is C16H25N3O. The van der Waals surface area contributed by atoms with Crippen LogP contribution in [-0.4, -0.2) is 34.4 Å². The van der Waals surface area contributed by atoms with Gasteiger partial charge in [0, 0.05) is 12.7 Å². The van der Waals surface area contributed by atoms with Gasteiger partial charge in [-0.05, 0) is 44.9 Å². The van der Waals surface area contributed by atoms with Crippen LogP contribution < -0.4 is 5.32 Å². The number of hydrogen-bond acceptors (Lipinski definition) is 3. The van der Waals surface area contributed by atoms with Gasteiger partial charge in [0.25, 0.3) is 0 Å². The molecule has 1 aromatic heterocycles. The third kappa shape index (κ3) is 3.18. The van der Waals surface area contributed by atoms with E-state index >= 15 is 0 Å². The maximum Gasteiger partial charge on any atom is 0.243 e. The minimum atomic E-state index is -0.334. The Kier molecular flexibility index (Phi) is 5.12. The summed E-state index contributed by atoms with van der Waals surface area (Å²) in [4.78, 5) is 19.2. The average Bonchev–Trinajstić information content (AvgIpc) is 2.95. The highest BCUT2D eigenvalue weighted by molar-refractivity contribution is 5.86. The molecule has 0 radical (unpaired) electrons. The lowest BCUT2D eigenvalue weighted by molar-refractivity contribution is -0.138. The molecule has 0 spiro atoms. The van der Waals surface area contributed by atoms with Crippen molar-refractivity contribution in [3.05, 3.63) is 30.1 Å². The van der Waals surface area contributed by atoms with Crippen molar-refractivity contribution >= 4 is 5.91 Å². The molecule has 1 fully saturated rings. The number of aromatic nitrogens is 1. The average molecular weight is 275 g/mol. The SMILES string of the molecule is CCCC1(C(=O)N(CC)Cc2ccccn2)CCCN1. The van der Waals surface area contributed by atoms with Gasteiger partial charge in [0.1, 0.15) is 0 Å². The zero-order valence-corrected chi connectivity index (χ0v) is 12.6. The molecule has 1 unspecified atom stereocenters. The van der Waals surface area contributed by atoms with Crippen LogP contribution in [0.25, 0.3) is 0 Å². The number of carbonyl (C=O) groups is 1. The molecule has 2 rings (SSSR count). The zero-order valence-electron chi connectivity index (χ0n) is 12.6. The summed E-state index contributed by atoms with van der Waals surface area (Å²) in [6.45, 7) is 6.46. The number of pyridine rings is 1. The monoisotopic (exact) mass is 275 g/mol. The zero-order chi connectivity index (χ0) is 14.4. The van der Waals surface area contributed by atoms with Crippen molar-refractivity contribution in [2.45, 2.75) is 51.6 Å². The molecule has 1 aromatic rings. The molecule has 1 saturated heterocycles. The Balaban J connectivity index is 2.11. The van der Waals surface area contributed by atoms with Crippen LogP contribution >= 0.6 is 0 Å². The van der Waals surface area contributed by atoms with Gasteiger partial charge in [0.05, 0.1) is 17.8 Å². The summed E-state index contributed by atoms with van der Waals surface area (Å²) in [5.41, 5.74) is 0.617. The van der Waals surface area contributed by atoms with E-state index < -0.39 is 0 Å². The maximum atomic E-state index is 12.9. The van der Waals surface area contributed by atoms with E-state index in [2.05, 4.69) is 17.2 Å². The minimum absolute atomic E-state index is 0.241. The fourth-order valence-electron chi connectivity index (χ4n) is 3.05. The highest BCUT2D eigenvalue weighted by atomic mass is 16.2. The van der Waals surface area contributed by atoms with Crippen molar-refractivity contribution in [1.29, 1.82) is 0 Å². The van der Waals surface area contributed by atoms with Gasteiger partial charge in [-0.1, -0.05) is 19.4 Å². The molecule has 110 valence electrons. The largest absolute Gasteiger partial charge is 0.335 e. The number of rotatable bonds is 6. The Morgan fingerprint density at radius 3 is 2.85 bits per heavy atom. The number of hydrogen-bond donors (Lipinski definition) is 1. The fraction of sp³-hybridized carbons (Fsp3) is 0.625. The van der Waals surface area contributed by atoms with Gasteiger partial charge in [0.2, 0.25) is 5.91 Å². The predicted molar refractivity (Wildman–Crippen MR) is 80.2 cm³/mol. The summed E-state index contributed by atoms with van der Waals surface area (Å²) in [7, 11) is 0. The van der Waals surface area contributed by atoms with E-state index in [1.807, 2.05) is 30.0 Å². The van der Waals surface area contributed by atoms with Gasteiger partial charge in [-0.25, -0.2) is 0 Å². The lowest BCUT2D eigenvalue weighted by Crippen LogP contribution is -2.54. The van der Waals surface area contributed by atoms with Crippen LogP contribution in [0.15, 0.2) is 24.4 Å². The highest BCUT2D eigenvalue weighted by Crippen LogP contribution is 2.27. The van der Waals surface area contributed by atoms with Gasteiger partial charge < -0.3 is 10.2 Å². The summed E-state index contributed by atoms with van der Waals surface area (Å²) in [5, 5.41) is 3.46. The second-order valence-corrected chi connectivity index (χ2v) is 5.50. The third-order valence-corrected chi connectivity index (χ3v) is 4.08. The van der Waals surface area contributed by atoms with Crippen LogP contribution in [0, 0.1) is 0 Å². The fourth-order valence-corrected chi connectivity index (χ4v) is 3.05. The highest BCUT2D eigenvalue weighted by Gasteiger charge is 2.42. The molecule has 4 heteroatoms. The van der Waals surface area contributed by atoms with Crippen molar-refractivity contribution < 1.29 is 4.79 Å². The van der Waals surface area contributed by atoms with E-state index in [9.17, 15) is 4.79 Å². The van der Waals surface area contributed by atoms with Crippen LogP contribution in [0.4, 0.5) is 0 Å². The molecule has 0 aliphatic carbocycles. The van der Waals surface area contributed by atoms with Crippen LogP contribution in [0.1, 0.15) is 45.2 Å². The molecule has 20 heavy (non-hydrogen) atoms. The van der Waals surface area contributed by atoms with Gasteiger partial charge in [-0.2, -0.15) is 0 Å². The van der Waals surface area contributed by atoms with E-state index in [0.29, 0.717) is 6.54 Å². The van der Waals surface area contributed by atoms with Crippen LogP contribution in [0.2, 0.25) is 0 Å². The first-order valence-corrected chi connectivity index (χ1v) is 7.66. The number of nitrogens with zero attached hydrogens (tertiary/aromatic N) is 2. The van der Waals surface area contributed by atoms with Gasteiger partial charge in [-0.15, -0.1) is 0 Å². The Hall–Kier alpha value is -1.42. The first-order chi connectivity index (χ1) is 9.72. The lowest BCUT2D eigenvalue weighted by atomic mass is 9.90. The molecule has 1 atom stereocenters. The van der Waals surface area contributed by atoms with Crippen molar-refractivity contribution in [1.82, 2.24) is 15.2 Å². The normalized spacial score (nSPS) is 21.9. The third-order valence-electron chi connectivity index (χ3n) is 4.08. The van der Waals surface area contributed by atoms with Crippen molar-refractivity contribution in [3.8, 4) is 0 Å². The molecule has 0 aromatic carbocycles. The number of amides is 1. The molecule has 0 bridgehead atoms. The Morgan fingerprint density at radius 1 is 1.45 bits per heavy atom. The standard InChI is InChI=1S/C16H25N3O/c1-3-9-16(10-7-12-18-16)15(20)19(4-2)13-14-8-5-6-11-17-14/h5-6,8,11,18H,3-4,7,9-10,12-13H2,1-2H3. The molecule has 1 aliphatic rings. The summed E-state index contributed by atoms with van der Waals surface area (Å²) in [5.74, 6) is 0.241. The quantitative estimate of drug-likeness (QED) is 0.867. The van der Waals surface area contributed by atoms with E-state index in [0.717, 1.165) is 44.5 Å². The van der Waals surface area contributed by atoms with Crippen LogP contribution in [-0.2, 0) is 11.3 Å². The predicted octanol–water partition coefficient (Wildman–Crippen LogP) is 2.35. The Bertz CT molecular complexity index is 427. The van der Waals surface area contributed by atoms with Crippen molar-refractivity contribution in [3.63, 3.8) is 0 Å². The Morgan fingerprint density at radius 2 is 2.30 bits per heavy atom. The molecular weight excluding hydrogens is 250 g/mol. The van der Waals surface area contributed by atoms with E-state index in [4.69, 9.17) is 0 Å². The topological polar surface area (TPSA) is 45.2 Å². The van der Waals surface area contributed by atoms with Crippen molar-refractivity contribution in [2.24, 2.45) is 0 Å². The van der Waals surface area contributed by atoms with Crippen molar-refractivity contribution in [2.75, 3.05) is 13.1 Å². The Labute approximate surface area is 121 Å². The minimum Gasteiger partial charge on any atom is -0.335 e. The second kappa shape index (κ2) is 6.84. The lowest BCUT2D eigenvalue weighted by Gasteiger charge is -2.34. The molecule has 4 nitrogen and oxygen atoms in total. The van der Waals surface area contributed by atoms with E-state index in [-0.39, 0.29) is 11.4 Å². The first-order valence-electron chi connectivity index (χ1n) is 7.66. The van der Waals surface area contributed by atoms with E-state index in [1.54, 1.807) is 6.20 Å². The van der Waals surface area contributed by atoms with Gasteiger partial charge in [0.15, 0.2) is 0 Å². The number of carbonyl (C=O) groups excluding carboxylic acids is 1. The summed E-state index contributed by atoms with van der Waals surface area (Å²) in [6.07, 6.45) is 5.78. The molecule has 1 aliphatic heterocycles. The number of likely N-dealkylation sites (N-methyl/N-ethyl adjacent to an activating group) is 1. The van der Waals surface area contributed by atoms with Gasteiger partial charge >= 0.3 is 0 Å². The molecule has 1 N–H and O–H groups in total. The maximum absolute atomic E-state index is 12.9. The summed E-state index contributed by atoms with van der Waals surface area (Å²) < 4.78 is 0. The van der Waals surface area contributed by atoms with Gasteiger partial charge in [-0.3, -0.25) is 9.78 Å².